The number of nitrogens with zero attached hydrogens (tertiary/aromatic N) is 1. The molecule has 1 N–H and O–H groups in total. The van der Waals surface area contributed by atoms with E-state index in [1.54, 1.807) is 0 Å². The van der Waals surface area contributed by atoms with Gasteiger partial charge < -0.3 is 19.7 Å². The first kappa shape index (κ1) is 13.6. The van der Waals surface area contributed by atoms with Gasteiger partial charge in [-0.3, -0.25) is 0 Å². The fourth-order valence-electron chi connectivity index (χ4n) is 2.99. The van der Waals surface area contributed by atoms with Crippen LogP contribution < -0.4 is 19.7 Å². The molecule has 2 aliphatic rings. The Hall–Kier alpha value is -1.42. The highest BCUT2D eigenvalue weighted by Gasteiger charge is 2.32. The monoisotopic (exact) mass is 276 g/mol. The van der Waals surface area contributed by atoms with E-state index in [1.807, 2.05) is 6.07 Å². The van der Waals surface area contributed by atoms with Gasteiger partial charge >= 0.3 is 0 Å². The Balaban J connectivity index is 1.89. The molecule has 0 aromatic heterocycles. The van der Waals surface area contributed by atoms with Crippen molar-refractivity contribution in [2.45, 2.75) is 38.8 Å². The molecule has 20 heavy (non-hydrogen) atoms. The third-order valence-corrected chi connectivity index (χ3v) is 4.15. The van der Waals surface area contributed by atoms with E-state index in [2.05, 4.69) is 43.1 Å². The average Bonchev–Trinajstić information content (AvgIpc) is 2.46. The molecule has 4 nitrogen and oxygen atoms in total. The van der Waals surface area contributed by atoms with Crippen molar-refractivity contribution >= 4 is 5.69 Å². The first-order valence-corrected chi connectivity index (χ1v) is 7.50. The van der Waals surface area contributed by atoms with Crippen LogP contribution in [0.4, 0.5) is 5.69 Å². The van der Waals surface area contributed by atoms with Crippen molar-refractivity contribution < 1.29 is 9.47 Å². The number of anilines is 1. The van der Waals surface area contributed by atoms with Crippen molar-refractivity contribution in [3.05, 3.63) is 18.2 Å². The lowest BCUT2D eigenvalue weighted by atomic mass is 9.97. The Bertz CT molecular complexity index is 487. The first-order valence-electron chi connectivity index (χ1n) is 7.50. The van der Waals surface area contributed by atoms with Gasteiger partial charge in [-0.15, -0.1) is 0 Å². The quantitative estimate of drug-likeness (QED) is 0.899. The Morgan fingerprint density at radius 1 is 1.25 bits per heavy atom. The Labute approximate surface area is 121 Å². The van der Waals surface area contributed by atoms with Crippen molar-refractivity contribution in [1.82, 2.24) is 5.32 Å². The SMILES string of the molecule is CCC1CNC(C)(C)CN1c1ccc2c(c1)OCCO2. The van der Waals surface area contributed by atoms with Gasteiger partial charge in [0.2, 0.25) is 0 Å². The molecule has 1 unspecified atom stereocenters. The van der Waals surface area contributed by atoms with Crippen LogP contribution in [0.25, 0.3) is 0 Å². The maximum absolute atomic E-state index is 5.71. The van der Waals surface area contributed by atoms with E-state index in [4.69, 9.17) is 9.47 Å². The first-order chi connectivity index (χ1) is 9.59. The minimum atomic E-state index is 0.138. The maximum atomic E-state index is 5.71. The lowest BCUT2D eigenvalue weighted by Gasteiger charge is -2.46. The highest BCUT2D eigenvalue weighted by atomic mass is 16.6. The largest absolute Gasteiger partial charge is 0.486 e. The molecule has 1 saturated heterocycles. The molecule has 1 aromatic carbocycles. The number of rotatable bonds is 2. The number of hydrogen-bond donors (Lipinski definition) is 1. The van der Waals surface area contributed by atoms with Crippen LogP contribution in [0, 0.1) is 0 Å². The van der Waals surface area contributed by atoms with Crippen LogP contribution >= 0.6 is 0 Å². The summed E-state index contributed by atoms with van der Waals surface area (Å²) < 4.78 is 11.3. The second-order valence-corrected chi connectivity index (χ2v) is 6.28. The molecule has 110 valence electrons. The summed E-state index contributed by atoms with van der Waals surface area (Å²) in [5.74, 6) is 1.74. The third-order valence-electron chi connectivity index (χ3n) is 4.15. The molecule has 0 radical (unpaired) electrons. The predicted molar refractivity (Wildman–Crippen MR) is 80.9 cm³/mol. The number of ether oxygens (including phenoxy) is 2. The third kappa shape index (κ3) is 2.57. The number of nitrogens with one attached hydrogen (secondary N) is 1. The molecular weight excluding hydrogens is 252 g/mol. The highest BCUT2D eigenvalue weighted by molar-refractivity contribution is 5.58. The molecule has 0 saturated carbocycles. The fraction of sp³-hybridized carbons (Fsp3) is 0.625. The van der Waals surface area contributed by atoms with Gasteiger partial charge in [0, 0.05) is 36.4 Å². The lowest BCUT2D eigenvalue weighted by Crippen LogP contribution is -2.61. The second-order valence-electron chi connectivity index (χ2n) is 6.28. The van der Waals surface area contributed by atoms with E-state index in [1.165, 1.54) is 5.69 Å². The topological polar surface area (TPSA) is 33.7 Å². The van der Waals surface area contributed by atoms with Crippen molar-refractivity contribution in [1.29, 1.82) is 0 Å². The molecule has 3 rings (SSSR count). The van der Waals surface area contributed by atoms with Gasteiger partial charge in [0.1, 0.15) is 13.2 Å². The van der Waals surface area contributed by atoms with E-state index >= 15 is 0 Å². The van der Waals surface area contributed by atoms with Crippen LogP contribution in [-0.4, -0.2) is 37.9 Å². The molecule has 0 amide bonds. The van der Waals surface area contributed by atoms with Crippen LogP contribution in [0.2, 0.25) is 0 Å². The van der Waals surface area contributed by atoms with E-state index in [0.717, 1.165) is 31.0 Å². The molecule has 0 aliphatic carbocycles. The van der Waals surface area contributed by atoms with Crippen LogP contribution in [-0.2, 0) is 0 Å². The molecule has 4 heteroatoms. The van der Waals surface area contributed by atoms with Crippen molar-refractivity contribution in [3.63, 3.8) is 0 Å². The minimum Gasteiger partial charge on any atom is -0.486 e. The molecule has 1 aromatic rings. The molecule has 1 atom stereocenters. The minimum absolute atomic E-state index is 0.138. The summed E-state index contributed by atoms with van der Waals surface area (Å²) in [5.41, 5.74) is 1.37. The van der Waals surface area contributed by atoms with Gasteiger partial charge in [0.15, 0.2) is 11.5 Å². The lowest BCUT2D eigenvalue weighted by molar-refractivity contribution is 0.171. The van der Waals surface area contributed by atoms with Gasteiger partial charge in [0.25, 0.3) is 0 Å². The normalized spacial score (nSPS) is 24.6. The Kier molecular flexibility index (Phi) is 3.50. The average molecular weight is 276 g/mol. The van der Waals surface area contributed by atoms with E-state index in [9.17, 15) is 0 Å². The summed E-state index contributed by atoms with van der Waals surface area (Å²) in [6, 6.07) is 6.84. The fourth-order valence-corrected chi connectivity index (χ4v) is 2.99. The summed E-state index contributed by atoms with van der Waals surface area (Å²) >= 11 is 0. The van der Waals surface area contributed by atoms with Crippen LogP contribution in [0.1, 0.15) is 27.2 Å². The van der Waals surface area contributed by atoms with Crippen LogP contribution in [0.3, 0.4) is 0 Å². The van der Waals surface area contributed by atoms with Gasteiger partial charge in [-0.05, 0) is 32.4 Å². The smallest absolute Gasteiger partial charge is 0.163 e. The Morgan fingerprint density at radius 3 is 2.75 bits per heavy atom. The molecule has 0 spiro atoms. The molecular formula is C16H24N2O2. The predicted octanol–water partition coefficient (Wildman–Crippen LogP) is 2.42. The summed E-state index contributed by atoms with van der Waals surface area (Å²) in [7, 11) is 0. The second kappa shape index (κ2) is 5.17. The number of benzene rings is 1. The summed E-state index contributed by atoms with van der Waals surface area (Å²) in [4.78, 5) is 2.49. The highest BCUT2D eigenvalue weighted by Crippen LogP contribution is 2.35. The molecule has 1 fully saturated rings. The summed E-state index contributed by atoms with van der Waals surface area (Å²) in [5, 5.41) is 3.62. The van der Waals surface area contributed by atoms with Gasteiger partial charge in [0.05, 0.1) is 0 Å². The van der Waals surface area contributed by atoms with E-state index < -0.39 is 0 Å². The van der Waals surface area contributed by atoms with Crippen molar-refractivity contribution in [3.8, 4) is 11.5 Å². The van der Waals surface area contributed by atoms with Gasteiger partial charge in [-0.25, -0.2) is 0 Å². The van der Waals surface area contributed by atoms with Gasteiger partial charge in [-0.2, -0.15) is 0 Å². The zero-order valence-electron chi connectivity index (χ0n) is 12.6. The molecule has 2 heterocycles. The Morgan fingerprint density at radius 2 is 2.00 bits per heavy atom. The van der Waals surface area contributed by atoms with Crippen molar-refractivity contribution in [2.24, 2.45) is 0 Å². The molecule has 2 aliphatic heterocycles. The maximum Gasteiger partial charge on any atom is 0.163 e. The van der Waals surface area contributed by atoms with Crippen molar-refractivity contribution in [2.75, 3.05) is 31.2 Å². The zero-order valence-corrected chi connectivity index (χ0v) is 12.6. The molecule has 0 bridgehead atoms. The number of piperazine rings is 1. The zero-order chi connectivity index (χ0) is 14.2. The van der Waals surface area contributed by atoms with E-state index in [-0.39, 0.29) is 5.54 Å². The van der Waals surface area contributed by atoms with Crippen LogP contribution in [0.5, 0.6) is 11.5 Å². The van der Waals surface area contributed by atoms with Crippen LogP contribution in [0.15, 0.2) is 18.2 Å². The van der Waals surface area contributed by atoms with E-state index in [0.29, 0.717) is 19.3 Å². The summed E-state index contributed by atoms with van der Waals surface area (Å²) in [6.45, 7) is 10.1. The standard InChI is InChI=1S/C16H24N2O2/c1-4-12-10-17-16(2,3)11-18(12)13-5-6-14-15(9-13)20-8-7-19-14/h5-6,9,12,17H,4,7-8,10-11H2,1-3H3. The number of fused-ring (bicyclic) bond motifs is 1. The summed E-state index contributed by atoms with van der Waals surface area (Å²) in [6.07, 6.45) is 1.14. The van der Waals surface area contributed by atoms with Gasteiger partial charge in [-0.1, -0.05) is 6.92 Å². The number of hydrogen-bond acceptors (Lipinski definition) is 4.